The summed E-state index contributed by atoms with van der Waals surface area (Å²) in [5.74, 6) is 0. The molecule has 1 saturated heterocycles. The summed E-state index contributed by atoms with van der Waals surface area (Å²) in [7, 11) is 0. The Morgan fingerprint density at radius 3 is 2.71 bits per heavy atom. The van der Waals surface area contributed by atoms with Crippen molar-refractivity contribution in [3.8, 4) is 0 Å². The highest BCUT2D eigenvalue weighted by molar-refractivity contribution is 5.31. The lowest BCUT2D eigenvalue weighted by Crippen LogP contribution is -2.28. The molecule has 0 spiro atoms. The van der Waals surface area contributed by atoms with Gasteiger partial charge in [-0.2, -0.15) is 0 Å². The lowest BCUT2D eigenvalue weighted by molar-refractivity contribution is 0.216. The first-order valence-electron chi connectivity index (χ1n) is 6.56. The quantitative estimate of drug-likeness (QED) is 0.840. The summed E-state index contributed by atoms with van der Waals surface area (Å²) in [6.07, 6.45) is 4.20. The van der Waals surface area contributed by atoms with Crippen LogP contribution in [0.15, 0.2) is 24.3 Å². The minimum absolute atomic E-state index is 0.419. The van der Waals surface area contributed by atoms with Crippen LogP contribution in [-0.4, -0.2) is 12.2 Å². The van der Waals surface area contributed by atoms with Crippen molar-refractivity contribution < 1.29 is 4.39 Å². The van der Waals surface area contributed by atoms with Gasteiger partial charge < -0.3 is 5.32 Å². The Hall–Kier alpha value is -0.890. The molecule has 1 unspecified atom stereocenters. The lowest BCUT2D eigenvalue weighted by Gasteiger charge is -2.27. The molecule has 0 bridgehead atoms. The zero-order chi connectivity index (χ0) is 12.3. The molecule has 1 nitrogen and oxygen atoms in total. The summed E-state index contributed by atoms with van der Waals surface area (Å²) < 4.78 is 13.8. The molecular formula is C15H22FN. The number of piperidine rings is 1. The van der Waals surface area contributed by atoms with Gasteiger partial charge in [-0.25, -0.2) is 4.39 Å². The molecular weight excluding hydrogens is 213 g/mol. The summed E-state index contributed by atoms with van der Waals surface area (Å²) in [6.45, 7) is 4.38. The molecule has 1 atom stereocenters. The van der Waals surface area contributed by atoms with Crippen molar-refractivity contribution in [2.75, 3.05) is 6.54 Å². The summed E-state index contributed by atoms with van der Waals surface area (Å²) in [6, 6.07) is 8.69. The van der Waals surface area contributed by atoms with Crippen molar-refractivity contribution in [1.82, 2.24) is 5.32 Å². The van der Waals surface area contributed by atoms with Gasteiger partial charge in [0, 0.05) is 12.5 Å². The summed E-state index contributed by atoms with van der Waals surface area (Å²) in [5.41, 5.74) is 1.31. The van der Waals surface area contributed by atoms with Crippen LogP contribution >= 0.6 is 0 Å². The van der Waals surface area contributed by atoms with Crippen molar-refractivity contribution in [3.05, 3.63) is 35.4 Å². The Kier molecular flexibility index (Phi) is 3.82. The van der Waals surface area contributed by atoms with Crippen LogP contribution in [0.3, 0.4) is 0 Å². The van der Waals surface area contributed by atoms with Crippen LogP contribution in [-0.2, 0) is 6.42 Å². The van der Waals surface area contributed by atoms with E-state index in [2.05, 4.69) is 23.5 Å². The number of hydrogen-bond donors (Lipinski definition) is 1. The van der Waals surface area contributed by atoms with Crippen LogP contribution in [0.25, 0.3) is 0 Å². The molecule has 0 aliphatic carbocycles. The van der Waals surface area contributed by atoms with Crippen molar-refractivity contribution in [2.45, 2.75) is 51.2 Å². The van der Waals surface area contributed by atoms with Crippen LogP contribution in [0.4, 0.5) is 4.39 Å². The number of benzene rings is 1. The van der Waals surface area contributed by atoms with E-state index in [-0.39, 0.29) is 0 Å². The van der Waals surface area contributed by atoms with Gasteiger partial charge in [0.1, 0.15) is 5.67 Å². The van der Waals surface area contributed by atoms with Gasteiger partial charge in [-0.15, -0.1) is 0 Å². The van der Waals surface area contributed by atoms with Crippen molar-refractivity contribution >= 4 is 0 Å². The highest BCUT2D eigenvalue weighted by Crippen LogP contribution is 2.28. The van der Waals surface area contributed by atoms with Crippen LogP contribution in [0.5, 0.6) is 0 Å². The number of nitrogens with one attached hydrogen (secondary N) is 1. The topological polar surface area (TPSA) is 12.0 Å². The number of alkyl halides is 1. The Morgan fingerprint density at radius 1 is 1.29 bits per heavy atom. The Bertz CT molecular complexity index is 361. The van der Waals surface area contributed by atoms with Gasteiger partial charge in [0.05, 0.1) is 0 Å². The third kappa shape index (κ3) is 3.53. The number of hydrogen-bond acceptors (Lipinski definition) is 1. The highest BCUT2D eigenvalue weighted by atomic mass is 19.1. The van der Waals surface area contributed by atoms with Crippen LogP contribution < -0.4 is 5.32 Å². The first kappa shape index (κ1) is 12.6. The molecule has 1 aliphatic heterocycles. The average Bonchev–Trinajstić information content (AvgIpc) is 2.29. The van der Waals surface area contributed by atoms with E-state index in [1.54, 1.807) is 13.8 Å². The molecule has 2 rings (SSSR count). The first-order valence-corrected chi connectivity index (χ1v) is 6.56. The highest BCUT2D eigenvalue weighted by Gasteiger charge is 2.22. The monoisotopic (exact) mass is 235 g/mol. The minimum Gasteiger partial charge on any atom is -0.310 e. The Balaban J connectivity index is 2.20. The normalized spacial score (nSPS) is 21.5. The smallest absolute Gasteiger partial charge is 0.109 e. The molecule has 2 heteroatoms. The molecule has 94 valence electrons. The van der Waals surface area contributed by atoms with Gasteiger partial charge in [0.25, 0.3) is 0 Å². The molecule has 1 fully saturated rings. The molecule has 1 aromatic carbocycles. The zero-order valence-electron chi connectivity index (χ0n) is 10.8. The van der Waals surface area contributed by atoms with E-state index < -0.39 is 5.67 Å². The van der Waals surface area contributed by atoms with E-state index in [0.717, 1.165) is 12.1 Å². The second-order valence-electron chi connectivity index (χ2n) is 5.60. The van der Waals surface area contributed by atoms with Gasteiger partial charge >= 0.3 is 0 Å². The van der Waals surface area contributed by atoms with Gasteiger partial charge in [-0.05, 0) is 44.4 Å². The second kappa shape index (κ2) is 5.18. The van der Waals surface area contributed by atoms with Gasteiger partial charge in [-0.1, -0.05) is 30.7 Å². The maximum absolute atomic E-state index is 13.8. The van der Waals surface area contributed by atoms with Gasteiger partial charge in [0.2, 0.25) is 0 Å². The van der Waals surface area contributed by atoms with Crippen molar-refractivity contribution in [3.63, 3.8) is 0 Å². The third-order valence-corrected chi connectivity index (χ3v) is 3.35. The van der Waals surface area contributed by atoms with Gasteiger partial charge in [0.15, 0.2) is 0 Å². The van der Waals surface area contributed by atoms with Crippen molar-refractivity contribution in [2.24, 2.45) is 0 Å². The molecule has 0 radical (unpaired) electrons. The van der Waals surface area contributed by atoms with E-state index in [0.29, 0.717) is 12.5 Å². The first-order chi connectivity index (χ1) is 8.06. The fourth-order valence-corrected chi connectivity index (χ4v) is 2.61. The molecule has 0 saturated carbocycles. The molecule has 17 heavy (non-hydrogen) atoms. The largest absolute Gasteiger partial charge is 0.310 e. The maximum atomic E-state index is 13.8. The van der Waals surface area contributed by atoms with E-state index >= 15 is 0 Å². The minimum atomic E-state index is -1.13. The molecule has 1 heterocycles. The van der Waals surface area contributed by atoms with E-state index in [4.69, 9.17) is 0 Å². The van der Waals surface area contributed by atoms with Crippen LogP contribution in [0.1, 0.15) is 50.3 Å². The Morgan fingerprint density at radius 2 is 2.06 bits per heavy atom. The Labute approximate surface area is 103 Å². The third-order valence-electron chi connectivity index (χ3n) is 3.35. The predicted octanol–water partition coefficient (Wildman–Crippen LogP) is 3.79. The van der Waals surface area contributed by atoms with E-state index in [9.17, 15) is 4.39 Å². The summed E-state index contributed by atoms with van der Waals surface area (Å²) in [5, 5.41) is 3.54. The standard InChI is InChI=1S/C15H22FN/c1-15(2,16)11-12-7-3-4-8-13(12)14-9-5-6-10-17-14/h3-4,7-8,14,17H,5-6,9-11H2,1-2H3. The fraction of sp³-hybridized carbons (Fsp3) is 0.600. The summed E-state index contributed by atoms with van der Waals surface area (Å²) >= 11 is 0. The lowest BCUT2D eigenvalue weighted by atomic mass is 9.89. The van der Waals surface area contributed by atoms with E-state index in [1.807, 2.05) is 6.07 Å². The van der Waals surface area contributed by atoms with Crippen LogP contribution in [0.2, 0.25) is 0 Å². The second-order valence-corrected chi connectivity index (χ2v) is 5.60. The summed E-state index contributed by atoms with van der Waals surface area (Å²) in [4.78, 5) is 0. The van der Waals surface area contributed by atoms with Gasteiger partial charge in [-0.3, -0.25) is 0 Å². The maximum Gasteiger partial charge on any atom is 0.109 e. The molecule has 1 aliphatic rings. The fourth-order valence-electron chi connectivity index (χ4n) is 2.61. The van der Waals surface area contributed by atoms with E-state index in [1.165, 1.54) is 24.8 Å². The SMILES string of the molecule is CC(C)(F)Cc1ccccc1C1CCCCN1. The number of halogens is 1. The van der Waals surface area contributed by atoms with Crippen LogP contribution in [0, 0.1) is 0 Å². The average molecular weight is 235 g/mol. The number of rotatable bonds is 3. The molecule has 0 amide bonds. The zero-order valence-corrected chi connectivity index (χ0v) is 10.8. The molecule has 1 aromatic rings. The van der Waals surface area contributed by atoms with Crippen molar-refractivity contribution in [1.29, 1.82) is 0 Å². The predicted molar refractivity (Wildman–Crippen MR) is 69.9 cm³/mol. The molecule has 1 N–H and O–H groups in total. The molecule has 0 aromatic heterocycles.